The summed E-state index contributed by atoms with van der Waals surface area (Å²) in [6, 6.07) is 8.07. The van der Waals surface area contributed by atoms with E-state index >= 15 is 0 Å². The molecule has 0 heterocycles. The van der Waals surface area contributed by atoms with Gasteiger partial charge in [-0.1, -0.05) is 19.1 Å². The second-order valence-electron chi connectivity index (χ2n) is 4.66. The average molecular weight is 190 g/mol. The lowest BCUT2D eigenvalue weighted by Crippen LogP contribution is -2.21. The van der Waals surface area contributed by atoms with Crippen LogP contribution in [0.25, 0.3) is 0 Å². The van der Waals surface area contributed by atoms with E-state index in [4.69, 9.17) is 5.73 Å². The fraction of sp³-hybridized carbons (Fsp3) is 0.500. The zero-order valence-electron chi connectivity index (χ0n) is 8.72. The van der Waals surface area contributed by atoms with Crippen molar-refractivity contribution >= 4 is 5.69 Å². The molecule has 0 aliphatic heterocycles. The zero-order valence-corrected chi connectivity index (χ0v) is 8.72. The van der Waals surface area contributed by atoms with Crippen LogP contribution in [-0.2, 0) is 6.54 Å². The molecule has 0 atom stereocenters. The van der Waals surface area contributed by atoms with Crippen molar-refractivity contribution in [1.82, 2.24) is 5.32 Å². The summed E-state index contributed by atoms with van der Waals surface area (Å²) in [5.41, 5.74) is 8.35. The third kappa shape index (κ3) is 2.48. The Morgan fingerprint density at radius 2 is 1.93 bits per heavy atom. The van der Waals surface area contributed by atoms with Crippen molar-refractivity contribution in [3.8, 4) is 0 Å². The van der Waals surface area contributed by atoms with Gasteiger partial charge >= 0.3 is 0 Å². The molecular weight excluding hydrogens is 172 g/mol. The van der Waals surface area contributed by atoms with Crippen molar-refractivity contribution < 1.29 is 0 Å². The van der Waals surface area contributed by atoms with E-state index in [0.717, 1.165) is 18.8 Å². The second-order valence-corrected chi connectivity index (χ2v) is 4.66. The largest absolute Gasteiger partial charge is 0.399 e. The van der Waals surface area contributed by atoms with E-state index < -0.39 is 0 Å². The van der Waals surface area contributed by atoms with Crippen LogP contribution in [0.5, 0.6) is 0 Å². The molecule has 76 valence electrons. The molecule has 1 aromatic rings. The lowest BCUT2D eigenvalue weighted by atomic mass is 10.1. The Morgan fingerprint density at radius 3 is 2.50 bits per heavy atom. The molecule has 2 heteroatoms. The van der Waals surface area contributed by atoms with Crippen LogP contribution in [0.15, 0.2) is 24.3 Å². The molecule has 1 fully saturated rings. The van der Waals surface area contributed by atoms with Crippen LogP contribution < -0.4 is 11.1 Å². The number of nitrogens with two attached hydrogens (primary N) is 1. The van der Waals surface area contributed by atoms with Crippen LogP contribution in [0.2, 0.25) is 0 Å². The van der Waals surface area contributed by atoms with Crippen LogP contribution in [0, 0.1) is 5.41 Å². The minimum atomic E-state index is 0.591. The van der Waals surface area contributed by atoms with Crippen molar-refractivity contribution in [3.63, 3.8) is 0 Å². The van der Waals surface area contributed by atoms with Crippen LogP contribution in [-0.4, -0.2) is 6.54 Å². The van der Waals surface area contributed by atoms with Crippen LogP contribution >= 0.6 is 0 Å². The number of anilines is 1. The molecule has 14 heavy (non-hydrogen) atoms. The van der Waals surface area contributed by atoms with Crippen molar-refractivity contribution in [2.45, 2.75) is 26.3 Å². The average Bonchev–Trinajstić information content (AvgIpc) is 2.88. The molecule has 0 bridgehead atoms. The summed E-state index contributed by atoms with van der Waals surface area (Å²) >= 11 is 0. The lowest BCUT2D eigenvalue weighted by Gasteiger charge is -2.09. The van der Waals surface area contributed by atoms with E-state index in [0.29, 0.717) is 5.41 Å². The molecule has 1 aromatic carbocycles. The first kappa shape index (κ1) is 9.53. The van der Waals surface area contributed by atoms with E-state index in [1.54, 1.807) is 0 Å². The van der Waals surface area contributed by atoms with Crippen molar-refractivity contribution in [3.05, 3.63) is 29.8 Å². The van der Waals surface area contributed by atoms with Gasteiger partial charge in [-0.05, 0) is 36.0 Å². The Kier molecular flexibility index (Phi) is 2.46. The molecular formula is C12H18N2. The van der Waals surface area contributed by atoms with Crippen molar-refractivity contribution in [1.29, 1.82) is 0 Å². The van der Waals surface area contributed by atoms with Crippen LogP contribution in [0.1, 0.15) is 25.3 Å². The number of rotatable bonds is 4. The van der Waals surface area contributed by atoms with Gasteiger partial charge in [0.2, 0.25) is 0 Å². The minimum absolute atomic E-state index is 0.591. The fourth-order valence-electron chi connectivity index (χ4n) is 1.53. The molecule has 0 amide bonds. The van der Waals surface area contributed by atoms with Gasteiger partial charge in [-0.2, -0.15) is 0 Å². The van der Waals surface area contributed by atoms with Gasteiger partial charge in [0.1, 0.15) is 0 Å². The summed E-state index contributed by atoms with van der Waals surface area (Å²) in [5, 5.41) is 3.48. The molecule has 2 rings (SSSR count). The highest BCUT2D eigenvalue weighted by Gasteiger charge is 2.36. The standard InChI is InChI=1S/C12H18N2/c1-12(6-7-12)9-14-8-10-2-4-11(13)5-3-10/h2-5,14H,6-9,13H2,1H3. The highest BCUT2D eigenvalue weighted by Crippen LogP contribution is 2.44. The Balaban J connectivity index is 1.77. The highest BCUT2D eigenvalue weighted by molar-refractivity contribution is 5.39. The molecule has 0 aromatic heterocycles. The number of benzene rings is 1. The highest BCUT2D eigenvalue weighted by atomic mass is 14.9. The minimum Gasteiger partial charge on any atom is -0.399 e. The number of hydrogen-bond acceptors (Lipinski definition) is 2. The van der Waals surface area contributed by atoms with Gasteiger partial charge in [0.15, 0.2) is 0 Å². The van der Waals surface area contributed by atoms with E-state index in [1.807, 2.05) is 12.1 Å². The number of nitrogens with one attached hydrogen (secondary N) is 1. The van der Waals surface area contributed by atoms with Gasteiger partial charge in [-0.15, -0.1) is 0 Å². The maximum atomic E-state index is 5.61. The first-order valence-electron chi connectivity index (χ1n) is 5.23. The molecule has 0 unspecified atom stereocenters. The van der Waals surface area contributed by atoms with E-state index in [2.05, 4.69) is 24.4 Å². The van der Waals surface area contributed by atoms with Gasteiger partial charge in [0.25, 0.3) is 0 Å². The van der Waals surface area contributed by atoms with Gasteiger partial charge in [-0.3, -0.25) is 0 Å². The molecule has 0 spiro atoms. The predicted molar refractivity (Wildman–Crippen MR) is 59.9 cm³/mol. The summed E-state index contributed by atoms with van der Waals surface area (Å²) in [5.74, 6) is 0. The predicted octanol–water partition coefficient (Wildman–Crippen LogP) is 2.16. The fourth-order valence-corrected chi connectivity index (χ4v) is 1.53. The maximum Gasteiger partial charge on any atom is 0.0314 e. The maximum absolute atomic E-state index is 5.61. The summed E-state index contributed by atoms with van der Waals surface area (Å²) in [6.07, 6.45) is 2.75. The quantitative estimate of drug-likeness (QED) is 0.714. The zero-order chi connectivity index (χ0) is 10.0. The third-order valence-electron chi connectivity index (χ3n) is 2.96. The summed E-state index contributed by atoms with van der Waals surface area (Å²) < 4.78 is 0. The van der Waals surface area contributed by atoms with E-state index in [-0.39, 0.29) is 0 Å². The van der Waals surface area contributed by atoms with E-state index in [9.17, 15) is 0 Å². The molecule has 2 nitrogen and oxygen atoms in total. The van der Waals surface area contributed by atoms with Crippen molar-refractivity contribution in [2.75, 3.05) is 12.3 Å². The Morgan fingerprint density at radius 1 is 1.29 bits per heavy atom. The topological polar surface area (TPSA) is 38.0 Å². The van der Waals surface area contributed by atoms with Crippen LogP contribution in [0.3, 0.4) is 0 Å². The molecule has 1 saturated carbocycles. The summed E-state index contributed by atoms with van der Waals surface area (Å²) in [7, 11) is 0. The van der Waals surface area contributed by atoms with E-state index in [1.165, 1.54) is 18.4 Å². The molecule has 0 radical (unpaired) electrons. The normalized spacial score (nSPS) is 18.1. The molecule has 1 aliphatic rings. The molecule has 1 aliphatic carbocycles. The van der Waals surface area contributed by atoms with Gasteiger partial charge in [0.05, 0.1) is 0 Å². The van der Waals surface area contributed by atoms with Gasteiger partial charge in [-0.25, -0.2) is 0 Å². The Hall–Kier alpha value is -1.02. The van der Waals surface area contributed by atoms with Crippen molar-refractivity contribution in [2.24, 2.45) is 5.41 Å². The third-order valence-corrected chi connectivity index (χ3v) is 2.96. The Labute approximate surface area is 85.5 Å². The summed E-state index contributed by atoms with van der Waals surface area (Å²) in [4.78, 5) is 0. The molecule has 0 saturated heterocycles. The SMILES string of the molecule is CC1(CNCc2ccc(N)cc2)CC1. The Bertz CT molecular complexity index is 299. The first-order valence-corrected chi connectivity index (χ1v) is 5.23. The first-order chi connectivity index (χ1) is 6.68. The van der Waals surface area contributed by atoms with Gasteiger partial charge in [0, 0.05) is 18.8 Å². The van der Waals surface area contributed by atoms with Crippen LogP contribution in [0.4, 0.5) is 5.69 Å². The monoisotopic (exact) mass is 190 g/mol. The van der Waals surface area contributed by atoms with Gasteiger partial charge < -0.3 is 11.1 Å². The molecule has 3 N–H and O–H groups in total. The second kappa shape index (κ2) is 3.62. The smallest absolute Gasteiger partial charge is 0.0314 e. The summed E-state index contributed by atoms with van der Waals surface area (Å²) in [6.45, 7) is 4.43. The number of nitrogen functional groups attached to an aromatic ring is 1. The number of hydrogen-bond donors (Lipinski definition) is 2. The lowest BCUT2D eigenvalue weighted by molar-refractivity contribution is 0.499.